The van der Waals surface area contributed by atoms with Crippen molar-refractivity contribution < 1.29 is 9.47 Å². The third-order valence-corrected chi connectivity index (χ3v) is 5.40. The minimum absolute atomic E-state index is 0.494. The Balaban J connectivity index is 1.85. The van der Waals surface area contributed by atoms with Crippen LogP contribution >= 0.6 is 12.2 Å². The second kappa shape index (κ2) is 7.72. The molecule has 0 aliphatic rings. The van der Waals surface area contributed by atoms with Crippen LogP contribution in [0, 0.1) is 4.77 Å². The van der Waals surface area contributed by atoms with Gasteiger partial charge < -0.3 is 14.5 Å². The number of rotatable bonds is 5. The summed E-state index contributed by atoms with van der Waals surface area (Å²) >= 11 is 5.46. The Hall–Kier alpha value is -3.12. The Morgan fingerprint density at radius 3 is 2.31 bits per heavy atom. The van der Waals surface area contributed by atoms with Crippen LogP contribution in [-0.2, 0) is 0 Å². The molecule has 0 spiro atoms. The summed E-state index contributed by atoms with van der Waals surface area (Å²) in [6.45, 7) is 4.38. The highest BCUT2D eigenvalue weighted by molar-refractivity contribution is 7.71. The molecule has 0 bridgehead atoms. The summed E-state index contributed by atoms with van der Waals surface area (Å²) < 4.78 is 13.2. The molecule has 2 aromatic heterocycles. The maximum Gasteiger partial charge on any atom is 0.205 e. The van der Waals surface area contributed by atoms with Crippen molar-refractivity contribution in [1.29, 1.82) is 0 Å². The van der Waals surface area contributed by atoms with Crippen molar-refractivity contribution >= 4 is 17.9 Å². The van der Waals surface area contributed by atoms with Crippen LogP contribution in [0.1, 0.15) is 25.3 Å². The molecule has 0 unspecified atom stereocenters. The van der Waals surface area contributed by atoms with Crippen LogP contribution in [0.15, 0.2) is 54.9 Å². The van der Waals surface area contributed by atoms with Crippen molar-refractivity contribution in [3.05, 3.63) is 65.2 Å². The number of methoxy groups -OCH3 is 2. The van der Waals surface area contributed by atoms with E-state index < -0.39 is 0 Å². The molecular weight excluding hydrogens is 382 g/mol. The van der Waals surface area contributed by atoms with Gasteiger partial charge in [0.1, 0.15) is 5.65 Å². The number of nitrogens with one attached hydrogen (secondary N) is 1. The third-order valence-electron chi connectivity index (χ3n) is 5.10. The molecule has 6 heteroatoms. The zero-order chi connectivity index (χ0) is 20.5. The first kappa shape index (κ1) is 19.2. The van der Waals surface area contributed by atoms with E-state index >= 15 is 0 Å². The number of nitrogens with zero attached hydrogens (tertiary/aromatic N) is 2. The van der Waals surface area contributed by atoms with Crippen LogP contribution in [-0.4, -0.2) is 28.6 Å². The molecule has 0 aliphatic heterocycles. The molecule has 5 nitrogen and oxygen atoms in total. The molecule has 0 saturated carbocycles. The number of hydrogen-bond donors (Lipinski definition) is 1. The van der Waals surface area contributed by atoms with Gasteiger partial charge in [0.05, 0.1) is 19.9 Å². The zero-order valence-electron chi connectivity index (χ0n) is 16.9. The molecule has 0 atom stereocenters. The lowest BCUT2D eigenvalue weighted by molar-refractivity contribution is 0.355. The monoisotopic (exact) mass is 405 g/mol. The van der Waals surface area contributed by atoms with E-state index in [0.29, 0.717) is 22.2 Å². The van der Waals surface area contributed by atoms with E-state index in [1.165, 1.54) is 5.56 Å². The summed E-state index contributed by atoms with van der Waals surface area (Å²) in [6.07, 6.45) is 3.80. The van der Waals surface area contributed by atoms with Crippen LogP contribution in [0.3, 0.4) is 0 Å². The van der Waals surface area contributed by atoms with Gasteiger partial charge in [0.25, 0.3) is 0 Å². The van der Waals surface area contributed by atoms with Gasteiger partial charge in [-0.1, -0.05) is 38.1 Å². The maximum absolute atomic E-state index is 5.46. The fraction of sp³-hybridized carbons (Fsp3) is 0.217. The predicted octanol–water partition coefficient (Wildman–Crippen LogP) is 5.87. The topological polar surface area (TPSA) is 51.5 Å². The van der Waals surface area contributed by atoms with E-state index in [2.05, 4.69) is 48.1 Å². The van der Waals surface area contributed by atoms with Gasteiger partial charge in [-0.25, -0.2) is 4.98 Å². The van der Waals surface area contributed by atoms with Gasteiger partial charge in [0.15, 0.2) is 11.5 Å². The first-order valence-electron chi connectivity index (χ1n) is 9.45. The van der Waals surface area contributed by atoms with E-state index in [-0.39, 0.29) is 0 Å². The molecule has 29 heavy (non-hydrogen) atoms. The van der Waals surface area contributed by atoms with Gasteiger partial charge in [-0.15, -0.1) is 0 Å². The van der Waals surface area contributed by atoms with Crippen LogP contribution in [0.25, 0.3) is 28.0 Å². The summed E-state index contributed by atoms with van der Waals surface area (Å²) in [6, 6.07) is 14.4. The summed E-state index contributed by atoms with van der Waals surface area (Å²) in [5, 5.41) is 0. The number of ether oxygens (including phenoxy) is 2. The molecule has 0 radical (unpaired) electrons. The van der Waals surface area contributed by atoms with Gasteiger partial charge >= 0.3 is 0 Å². The number of aromatic amines is 1. The Labute approximate surface area is 175 Å². The van der Waals surface area contributed by atoms with Crippen molar-refractivity contribution in [2.75, 3.05) is 14.2 Å². The molecule has 0 fully saturated rings. The number of fused-ring (bicyclic) bond motifs is 1. The molecule has 148 valence electrons. The lowest BCUT2D eigenvalue weighted by Crippen LogP contribution is -1.93. The van der Waals surface area contributed by atoms with E-state index in [4.69, 9.17) is 21.7 Å². The quantitative estimate of drug-likeness (QED) is 0.422. The Morgan fingerprint density at radius 2 is 1.66 bits per heavy atom. The molecule has 2 heterocycles. The van der Waals surface area contributed by atoms with Crippen molar-refractivity contribution in [2.24, 2.45) is 0 Å². The fourth-order valence-electron chi connectivity index (χ4n) is 3.41. The lowest BCUT2D eigenvalue weighted by Gasteiger charge is -2.08. The maximum atomic E-state index is 5.46. The molecule has 2 aromatic carbocycles. The number of hydrogen-bond acceptors (Lipinski definition) is 4. The van der Waals surface area contributed by atoms with Gasteiger partial charge in [-0.2, -0.15) is 0 Å². The molecule has 1 N–H and O–H groups in total. The number of imidazole rings is 1. The van der Waals surface area contributed by atoms with Crippen molar-refractivity contribution in [3.63, 3.8) is 0 Å². The summed E-state index contributed by atoms with van der Waals surface area (Å²) in [5.74, 6) is 1.86. The highest BCUT2D eigenvalue weighted by Crippen LogP contribution is 2.33. The third kappa shape index (κ3) is 3.51. The van der Waals surface area contributed by atoms with Gasteiger partial charge in [0.2, 0.25) is 4.77 Å². The van der Waals surface area contributed by atoms with Crippen molar-refractivity contribution in [2.45, 2.75) is 19.8 Å². The standard InChI is InChI=1S/C23H23N3O2S/c1-14(2)15-5-7-16(8-6-15)18-12-24-23(29)26-13-19(25-22(18)26)17-9-10-20(27-3)21(11-17)28-4/h5-14,25H,1-4H3. The minimum Gasteiger partial charge on any atom is -0.493 e. The SMILES string of the molecule is COc1ccc(-c2cn3c(=S)ncc(-c4ccc(C(C)C)cc4)c3[nH]2)cc1OC. The normalized spacial score (nSPS) is 11.2. The average Bonchev–Trinajstić information content (AvgIpc) is 3.20. The van der Waals surface area contributed by atoms with Gasteiger partial charge in [0, 0.05) is 23.5 Å². The van der Waals surface area contributed by atoms with Gasteiger partial charge in [-0.05, 0) is 47.5 Å². The lowest BCUT2D eigenvalue weighted by atomic mass is 10.00. The van der Waals surface area contributed by atoms with Crippen LogP contribution in [0.4, 0.5) is 0 Å². The minimum atomic E-state index is 0.494. The van der Waals surface area contributed by atoms with Crippen molar-refractivity contribution in [3.8, 4) is 33.9 Å². The van der Waals surface area contributed by atoms with E-state index in [0.717, 1.165) is 28.0 Å². The molecule has 0 aliphatic carbocycles. The molecule has 4 aromatic rings. The van der Waals surface area contributed by atoms with Crippen LogP contribution < -0.4 is 9.47 Å². The van der Waals surface area contributed by atoms with Crippen LogP contribution in [0.5, 0.6) is 11.5 Å². The predicted molar refractivity (Wildman–Crippen MR) is 118 cm³/mol. The summed E-state index contributed by atoms with van der Waals surface area (Å²) in [7, 11) is 3.26. The Bertz CT molecular complexity index is 1220. The van der Waals surface area contributed by atoms with Crippen LogP contribution in [0.2, 0.25) is 0 Å². The highest BCUT2D eigenvalue weighted by atomic mass is 32.1. The highest BCUT2D eigenvalue weighted by Gasteiger charge is 2.13. The second-order valence-electron chi connectivity index (χ2n) is 7.19. The fourth-order valence-corrected chi connectivity index (χ4v) is 3.61. The molecule has 4 rings (SSSR count). The summed E-state index contributed by atoms with van der Waals surface area (Å²) in [5.41, 5.74) is 6.21. The number of aromatic nitrogens is 3. The Kier molecular flexibility index (Phi) is 5.11. The first-order valence-corrected chi connectivity index (χ1v) is 9.85. The molecular formula is C23H23N3O2S. The molecule has 0 saturated heterocycles. The van der Waals surface area contributed by atoms with Crippen molar-refractivity contribution in [1.82, 2.24) is 14.4 Å². The summed E-state index contributed by atoms with van der Waals surface area (Å²) in [4.78, 5) is 7.93. The molecule has 0 amide bonds. The average molecular weight is 406 g/mol. The Morgan fingerprint density at radius 1 is 0.966 bits per heavy atom. The van der Waals surface area contributed by atoms with E-state index in [1.807, 2.05) is 35.0 Å². The van der Waals surface area contributed by atoms with E-state index in [1.54, 1.807) is 14.2 Å². The van der Waals surface area contributed by atoms with E-state index in [9.17, 15) is 0 Å². The number of benzene rings is 2. The largest absolute Gasteiger partial charge is 0.493 e. The smallest absolute Gasteiger partial charge is 0.205 e. The number of H-pyrrole nitrogens is 1. The zero-order valence-corrected chi connectivity index (χ0v) is 17.7. The van der Waals surface area contributed by atoms with Gasteiger partial charge in [-0.3, -0.25) is 4.40 Å². The second-order valence-corrected chi connectivity index (χ2v) is 7.55. The first-order chi connectivity index (χ1) is 14.0.